The molecule has 0 aliphatic heterocycles. The summed E-state index contributed by atoms with van der Waals surface area (Å²) in [5.74, 6) is 0. The molecule has 0 fully saturated rings. The summed E-state index contributed by atoms with van der Waals surface area (Å²) in [6.07, 6.45) is 4.97. The largest absolute Gasteiger partial charge is 1.00 e. The second kappa shape index (κ2) is 12.6. The van der Waals surface area contributed by atoms with Crippen LogP contribution in [0.5, 0.6) is 0 Å². The van der Waals surface area contributed by atoms with E-state index in [2.05, 4.69) is 13.8 Å². The van der Waals surface area contributed by atoms with Gasteiger partial charge in [-0.2, -0.15) is 0 Å². The van der Waals surface area contributed by atoms with Gasteiger partial charge in [0.05, 0.1) is 0 Å². The molecule has 0 aliphatic rings. The Hall–Kier alpha value is 0.960. The van der Waals surface area contributed by atoms with E-state index in [4.69, 9.17) is 4.74 Å². The summed E-state index contributed by atoms with van der Waals surface area (Å²) in [6, 6.07) is 0. The van der Waals surface area contributed by atoms with E-state index >= 15 is 0 Å². The van der Waals surface area contributed by atoms with Crippen molar-refractivity contribution < 1.29 is 35.7 Å². The summed E-state index contributed by atoms with van der Waals surface area (Å²) < 4.78 is 5.28. The molecule has 0 rings (SSSR count). The van der Waals surface area contributed by atoms with Crippen LogP contribution in [0.4, 0.5) is 0 Å². The summed E-state index contributed by atoms with van der Waals surface area (Å²) in [4.78, 5) is 0. The van der Waals surface area contributed by atoms with Crippen molar-refractivity contribution in [2.24, 2.45) is 0 Å². The van der Waals surface area contributed by atoms with Crippen LogP contribution in [0.25, 0.3) is 0 Å². The van der Waals surface area contributed by atoms with Gasteiger partial charge in [0.15, 0.2) is 0 Å². The molecule has 0 aromatic heterocycles. The van der Waals surface area contributed by atoms with Crippen molar-refractivity contribution in [2.45, 2.75) is 39.5 Å². The van der Waals surface area contributed by atoms with E-state index < -0.39 is 0 Å². The van der Waals surface area contributed by atoms with Gasteiger partial charge in [-0.15, -0.1) is 0 Å². The molecule has 1 nitrogen and oxygen atoms in total. The molecule has 0 aromatic carbocycles. The molecule has 10 heavy (non-hydrogen) atoms. The fourth-order valence-corrected chi connectivity index (χ4v) is 0.701. The third kappa shape index (κ3) is 11.7. The van der Waals surface area contributed by atoms with Gasteiger partial charge in [-0.1, -0.05) is 26.7 Å². The van der Waals surface area contributed by atoms with Crippen LogP contribution >= 0.6 is 0 Å². The zero-order valence-corrected chi connectivity index (χ0v) is 9.65. The van der Waals surface area contributed by atoms with Gasteiger partial charge < -0.3 is 6.16 Å². The first kappa shape index (κ1) is 13.5. The minimum atomic E-state index is 0. The summed E-state index contributed by atoms with van der Waals surface area (Å²) >= 11 is 0. The first-order valence-corrected chi connectivity index (χ1v) is 3.99. The molecule has 2 heteroatoms. The molecule has 0 atom stereocenters. The minimum absolute atomic E-state index is 0. The van der Waals surface area contributed by atoms with Crippen LogP contribution in [0.1, 0.15) is 41.0 Å². The molecule has 0 saturated heterocycles. The van der Waals surface area contributed by atoms with Gasteiger partial charge in [0.25, 0.3) is 0 Å². The molecule has 0 amide bonds. The summed E-state index contributed by atoms with van der Waals surface area (Å²) in [5, 5.41) is 0. The Bertz CT molecular complexity index is 47.4. The number of hydrogen-bond acceptors (Lipinski definition) is 1. The van der Waals surface area contributed by atoms with E-state index in [1.54, 1.807) is 0 Å². The second-order valence-electron chi connectivity index (χ2n) is 2.32. The van der Waals surface area contributed by atoms with Gasteiger partial charge in [-0.25, -0.2) is 0 Å². The van der Waals surface area contributed by atoms with Crippen molar-refractivity contribution in [1.29, 1.82) is 0 Å². The Labute approximate surface area is 88.3 Å². The standard InChI is InChI=1S/C8H18O.Na.H/c1-3-5-6-8-9-7-4-2;;/h3-8H2,1-2H3;;/q;+1;-1. The normalized spacial score (nSPS) is 9.00. The van der Waals surface area contributed by atoms with Crippen LogP contribution in [0.15, 0.2) is 0 Å². The van der Waals surface area contributed by atoms with Gasteiger partial charge in [-0.3, -0.25) is 0 Å². The molecule has 58 valence electrons. The van der Waals surface area contributed by atoms with Crippen LogP contribution in [0, 0.1) is 0 Å². The molecule has 0 aromatic rings. The van der Waals surface area contributed by atoms with E-state index in [0.717, 1.165) is 19.6 Å². The number of rotatable bonds is 6. The van der Waals surface area contributed by atoms with E-state index in [1.807, 2.05) is 0 Å². The monoisotopic (exact) mass is 154 g/mol. The summed E-state index contributed by atoms with van der Waals surface area (Å²) in [7, 11) is 0. The topological polar surface area (TPSA) is 9.23 Å². The Morgan fingerprint density at radius 3 is 2.20 bits per heavy atom. The minimum Gasteiger partial charge on any atom is -1.00 e. The number of hydrogen-bond donors (Lipinski definition) is 0. The first-order valence-electron chi connectivity index (χ1n) is 3.99. The Kier molecular flexibility index (Phi) is 17.1. The average molecular weight is 154 g/mol. The summed E-state index contributed by atoms with van der Waals surface area (Å²) in [5.41, 5.74) is 0. The fourth-order valence-electron chi connectivity index (χ4n) is 0.701. The van der Waals surface area contributed by atoms with Gasteiger partial charge >= 0.3 is 29.6 Å². The molecule has 0 aliphatic carbocycles. The SMILES string of the molecule is CCCCCOCCC.[H-].[Na+]. The molecule has 0 radical (unpaired) electrons. The van der Waals surface area contributed by atoms with E-state index in [9.17, 15) is 0 Å². The van der Waals surface area contributed by atoms with Crippen molar-refractivity contribution >= 4 is 0 Å². The van der Waals surface area contributed by atoms with Crippen molar-refractivity contribution in [2.75, 3.05) is 13.2 Å². The van der Waals surface area contributed by atoms with Crippen molar-refractivity contribution in [3.8, 4) is 0 Å². The third-order valence-electron chi connectivity index (χ3n) is 1.24. The van der Waals surface area contributed by atoms with E-state index in [1.165, 1.54) is 19.3 Å². The zero-order chi connectivity index (χ0) is 6.95. The molecule has 0 saturated carbocycles. The predicted molar refractivity (Wildman–Crippen MR) is 41.7 cm³/mol. The maximum Gasteiger partial charge on any atom is 1.00 e. The van der Waals surface area contributed by atoms with Crippen molar-refractivity contribution in [1.82, 2.24) is 0 Å². The molecule has 0 N–H and O–H groups in total. The molecule has 0 spiro atoms. The predicted octanol–water partition coefficient (Wildman–Crippen LogP) is -0.280. The number of ether oxygens (including phenoxy) is 1. The zero-order valence-electron chi connectivity index (χ0n) is 8.65. The Balaban J connectivity index is -0.000000320. The molecular weight excluding hydrogens is 135 g/mol. The molecule has 0 bridgehead atoms. The Morgan fingerprint density at radius 2 is 1.70 bits per heavy atom. The second-order valence-corrected chi connectivity index (χ2v) is 2.32. The molecule has 0 heterocycles. The van der Waals surface area contributed by atoms with Gasteiger partial charge in [0, 0.05) is 13.2 Å². The smallest absolute Gasteiger partial charge is 1.00 e. The van der Waals surface area contributed by atoms with Crippen LogP contribution in [-0.4, -0.2) is 13.2 Å². The Morgan fingerprint density at radius 1 is 1.00 bits per heavy atom. The van der Waals surface area contributed by atoms with E-state index in [-0.39, 0.29) is 31.0 Å². The van der Waals surface area contributed by atoms with Crippen molar-refractivity contribution in [3.05, 3.63) is 0 Å². The van der Waals surface area contributed by atoms with Crippen LogP contribution < -0.4 is 29.6 Å². The molecule has 0 unspecified atom stereocenters. The van der Waals surface area contributed by atoms with Crippen molar-refractivity contribution in [3.63, 3.8) is 0 Å². The number of unbranched alkanes of at least 4 members (excludes halogenated alkanes) is 2. The van der Waals surface area contributed by atoms with Gasteiger partial charge in [0.2, 0.25) is 0 Å². The van der Waals surface area contributed by atoms with E-state index in [0.29, 0.717) is 0 Å². The average Bonchev–Trinajstić information content (AvgIpc) is 1.89. The van der Waals surface area contributed by atoms with Gasteiger partial charge in [0.1, 0.15) is 0 Å². The third-order valence-corrected chi connectivity index (χ3v) is 1.24. The summed E-state index contributed by atoms with van der Waals surface area (Å²) in [6.45, 7) is 6.24. The maximum atomic E-state index is 5.28. The fraction of sp³-hybridized carbons (Fsp3) is 1.00. The van der Waals surface area contributed by atoms with Crippen LogP contribution in [0.3, 0.4) is 0 Å². The first-order chi connectivity index (χ1) is 4.41. The van der Waals surface area contributed by atoms with Crippen LogP contribution in [-0.2, 0) is 4.74 Å². The van der Waals surface area contributed by atoms with Gasteiger partial charge in [-0.05, 0) is 12.8 Å². The molecular formula is C8H19NaO. The van der Waals surface area contributed by atoms with Crippen LogP contribution in [0.2, 0.25) is 0 Å². The quantitative estimate of drug-likeness (QED) is 0.378. The maximum absolute atomic E-state index is 5.28.